The molecule has 0 bridgehead atoms. The second kappa shape index (κ2) is 10.4. The molecule has 0 fully saturated rings. The quantitative estimate of drug-likeness (QED) is 0.290. The number of hydrogen-bond donors (Lipinski definition) is 1. The zero-order chi connectivity index (χ0) is 25.0. The molecule has 0 spiro atoms. The van der Waals surface area contributed by atoms with E-state index in [2.05, 4.69) is 18.2 Å². The maximum absolute atomic E-state index is 10.5. The second-order valence-corrected chi connectivity index (χ2v) is 9.11. The summed E-state index contributed by atoms with van der Waals surface area (Å²) in [4.78, 5) is 0. The van der Waals surface area contributed by atoms with E-state index < -0.39 is 10.2 Å². The number of phenols is 1. The Balaban J connectivity index is 0.000000527. The molecule has 0 aliphatic rings. The van der Waals surface area contributed by atoms with Crippen LogP contribution in [0.25, 0.3) is 32.7 Å². The van der Waals surface area contributed by atoms with E-state index in [1.54, 1.807) is 13.2 Å². The molecule has 0 atom stereocenters. The molecule has 0 unspecified atom stereocenters. The molecule has 1 heterocycles. The van der Waals surface area contributed by atoms with Crippen LogP contribution in [0.4, 0.5) is 0 Å². The number of benzene rings is 4. The molecule has 5 rings (SSSR count). The van der Waals surface area contributed by atoms with Crippen molar-refractivity contribution in [1.29, 1.82) is 0 Å². The molecule has 0 saturated heterocycles. The van der Waals surface area contributed by atoms with Crippen molar-refractivity contribution in [2.45, 2.75) is 0 Å². The van der Waals surface area contributed by atoms with Crippen LogP contribution in [0.2, 0.25) is 0 Å². The summed E-state index contributed by atoms with van der Waals surface area (Å²) < 4.78 is 46.5. The molecule has 178 valence electrons. The van der Waals surface area contributed by atoms with Gasteiger partial charge in [0.15, 0.2) is 0 Å². The Kier molecular flexibility index (Phi) is 7.32. The van der Waals surface area contributed by atoms with Gasteiger partial charge in [0.2, 0.25) is 0 Å². The summed E-state index contributed by atoms with van der Waals surface area (Å²) in [5.74, 6) is 1.09. The normalized spacial score (nSPS) is 11.9. The predicted octanol–water partition coefficient (Wildman–Crippen LogP) is 2.48. The minimum absolute atomic E-state index is 0.266. The van der Waals surface area contributed by atoms with Crippen LogP contribution in [0.5, 0.6) is 11.5 Å². The largest absolute Gasteiger partial charge is 0.507 e. The molecule has 7 nitrogen and oxygen atoms in total. The molecular formula is C26H19ClO7S. The predicted molar refractivity (Wildman–Crippen MR) is 124 cm³/mol. The van der Waals surface area contributed by atoms with Crippen LogP contribution in [-0.2, 0) is 0 Å². The Hall–Kier alpha value is -3.50. The highest BCUT2D eigenvalue weighted by Crippen LogP contribution is 2.41. The molecule has 0 saturated carbocycles. The van der Waals surface area contributed by atoms with Crippen molar-refractivity contribution in [3.63, 3.8) is 0 Å². The molecular weight excluding hydrogens is 492 g/mol. The number of methoxy groups -OCH3 is 1. The number of fused-ring (bicyclic) bond motifs is 3. The first-order valence-corrected chi connectivity index (χ1v) is 12.3. The van der Waals surface area contributed by atoms with E-state index in [0.717, 1.165) is 48.6 Å². The Morgan fingerprint density at radius 1 is 0.886 bits per heavy atom. The average molecular weight is 511 g/mol. The van der Waals surface area contributed by atoms with Gasteiger partial charge in [0.05, 0.1) is 18.1 Å². The summed E-state index contributed by atoms with van der Waals surface area (Å²) in [6.45, 7) is 0. The van der Waals surface area contributed by atoms with Crippen LogP contribution in [0.3, 0.4) is 0 Å². The van der Waals surface area contributed by atoms with Gasteiger partial charge in [0.25, 0.3) is 0 Å². The Morgan fingerprint density at radius 3 is 2.11 bits per heavy atom. The highest BCUT2D eigenvalue weighted by molar-refractivity contribution is 7.19. The van der Waals surface area contributed by atoms with Gasteiger partial charge in [-0.05, 0) is 46.7 Å². The molecule has 4 aromatic carbocycles. The van der Waals surface area contributed by atoms with E-state index in [-0.39, 0.29) is 5.75 Å². The average Bonchev–Trinajstić information content (AvgIpc) is 3.26. The van der Waals surface area contributed by atoms with Crippen molar-refractivity contribution in [2.24, 2.45) is 0 Å². The summed E-state index contributed by atoms with van der Waals surface area (Å²) >= 11 is 1.54. The van der Waals surface area contributed by atoms with Gasteiger partial charge in [0, 0.05) is 11.5 Å². The first-order chi connectivity index (χ1) is 16.7. The van der Waals surface area contributed by atoms with E-state index in [0.29, 0.717) is 0 Å². The van der Waals surface area contributed by atoms with Crippen molar-refractivity contribution >= 4 is 44.0 Å². The number of phenolic OH excluding ortho intramolecular Hbond substituents is 1. The third kappa shape index (κ3) is 6.14. The third-order valence-electron chi connectivity index (χ3n) is 5.07. The molecule has 1 aromatic heterocycles. The lowest BCUT2D eigenvalue weighted by atomic mass is 10.0. The van der Waals surface area contributed by atoms with Crippen LogP contribution in [0.15, 0.2) is 89.3 Å². The summed E-state index contributed by atoms with van der Waals surface area (Å²) in [7, 11) is -3.28. The molecule has 5 aromatic rings. The van der Waals surface area contributed by atoms with Gasteiger partial charge in [-0.3, -0.25) is 0 Å². The van der Waals surface area contributed by atoms with Crippen LogP contribution in [0.1, 0.15) is 16.2 Å². The van der Waals surface area contributed by atoms with Crippen LogP contribution < -0.4 is 23.4 Å². The van der Waals surface area contributed by atoms with Gasteiger partial charge in [-0.25, -0.2) is 18.6 Å². The number of rotatable bonds is 4. The maximum Gasteiger partial charge on any atom is 0.418 e. The van der Waals surface area contributed by atoms with Gasteiger partial charge in [-0.2, -0.15) is 4.42 Å². The number of halogens is 1. The van der Waals surface area contributed by atoms with Gasteiger partial charge in [0.1, 0.15) is 16.2 Å². The van der Waals surface area contributed by atoms with Crippen LogP contribution in [-0.4, -0.2) is 12.2 Å². The summed E-state index contributed by atoms with van der Waals surface area (Å²) in [6.07, 6.45) is 2.12. The first kappa shape index (κ1) is 24.6. The lowest BCUT2D eigenvalue weighted by molar-refractivity contribution is -2.00. The molecule has 1 N–H and O–H groups in total. The van der Waals surface area contributed by atoms with Gasteiger partial charge < -0.3 is 9.84 Å². The third-order valence-corrected chi connectivity index (χ3v) is 6.08. The van der Waals surface area contributed by atoms with Crippen molar-refractivity contribution in [3.8, 4) is 11.5 Å². The van der Waals surface area contributed by atoms with E-state index in [9.17, 15) is 5.11 Å². The number of ether oxygens (including phenoxy) is 1. The zero-order valence-corrected chi connectivity index (χ0v) is 19.9. The molecule has 0 aliphatic heterocycles. The van der Waals surface area contributed by atoms with Crippen molar-refractivity contribution in [2.75, 3.05) is 7.11 Å². The van der Waals surface area contributed by atoms with Crippen molar-refractivity contribution in [1.82, 2.24) is 0 Å². The monoisotopic (exact) mass is 510 g/mol. The zero-order valence-electron chi connectivity index (χ0n) is 18.3. The second-order valence-electron chi connectivity index (χ2n) is 7.34. The SMILES string of the molecule is COc1ccc(/C=C(\c2ccccc2)c2[o+]c3c(cc(O)c4ccccc43)s2)cc1.[O-][Cl+3]([O-])([O-])[O-]. The topological polar surface area (TPSA) is 133 Å². The smallest absolute Gasteiger partial charge is 0.418 e. The number of aromatic hydroxyl groups is 1. The van der Waals surface area contributed by atoms with Crippen LogP contribution >= 0.6 is 11.3 Å². The minimum atomic E-state index is -4.94. The van der Waals surface area contributed by atoms with Gasteiger partial charge >= 0.3 is 10.7 Å². The fraction of sp³-hybridized carbons (Fsp3) is 0.0385. The van der Waals surface area contributed by atoms with Crippen molar-refractivity contribution < 1.29 is 43.1 Å². The Bertz CT molecular complexity index is 1470. The molecule has 35 heavy (non-hydrogen) atoms. The molecule has 0 aliphatic carbocycles. The van der Waals surface area contributed by atoms with E-state index in [1.807, 2.05) is 66.7 Å². The van der Waals surface area contributed by atoms with Gasteiger partial charge in [-0.1, -0.05) is 60.7 Å². The lowest BCUT2D eigenvalue weighted by Crippen LogP contribution is -2.68. The highest BCUT2D eigenvalue weighted by atomic mass is 35.7. The maximum atomic E-state index is 10.5. The summed E-state index contributed by atoms with van der Waals surface area (Å²) in [6, 6.07) is 27.7. The summed E-state index contributed by atoms with van der Waals surface area (Å²) in [5, 5.41) is 13.0. The Morgan fingerprint density at radius 2 is 1.49 bits per heavy atom. The van der Waals surface area contributed by atoms with E-state index in [4.69, 9.17) is 27.8 Å². The highest BCUT2D eigenvalue weighted by Gasteiger charge is 2.26. The van der Waals surface area contributed by atoms with E-state index >= 15 is 0 Å². The van der Waals surface area contributed by atoms with E-state index in [1.165, 1.54) is 11.3 Å². The summed E-state index contributed by atoms with van der Waals surface area (Å²) in [5.41, 5.74) is 3.90. The standard InChI is InChI=1S/C26H18O3S.ClHO4/c1-28-19-13-11-17(12-14-19)15-22(18-7-3-2-4-8-18)26-29-25-21-10-6-5-9-20(21)23(27)16-24(25)30-26;2-1(3,4)5/h2-16H,1H3;(H,2,3,4,5)/b22-15+;. The minimum Gasteiger partial charge on any atom is -0.507 e. The fourth-order valence-corrected chi connectivity index (χ4v) is 4.58. The fourth-order valence-electron chi connectivity index (χ4n) is 3.55. The molecule has 9 heteroatoms. The lowest BCUT2D eigenvalue weighted by Gasteiger charge is -2.17. The number of hydrogen-bond acceptors (Lipinski definition) is 7. The Labute approximate surface area is 206 Å². The van der Waals surface area contributed by atoms with Gasteiger partial charge in [-0.15, -0.1) is 10.2 Å². The molecule has 0 radical (unpaired) electrons. The van der Waals surface area contributed by atoms with Crippen LogP contribution in [0, 0.1) is 10.2 Å². The van der Waals surface area contributed by atoms with Crippen molar-refractivity contribution in [3.05, 3.63) is 101 Å². The molecule has 0 amide bonds. The first-order valence-electron chi connectivity index (χ1n) is 10.2.